The molecule has 0 saturated heterocycles. The number of nitrogens with one attached hydrogen (secondary N) is 2. The highest BCUT2D eigenvalue weighted by atomic mass is 19.2. The zero-order valence-corrected chi connectivity index (χ0v) is 18.7. The first-order valence-electron chi connectivity index (χ1n) is 10.6. The molecular formula is C25H24F3N3O2. The van der Waals surface area contributed by atoms with Crippen LogP contribution in [0.25, 0.3) is 16.5 Å². The zero-order valence-electron chi connectivity index (χ0n) is 18.7. The van der Waals surface area contributed by atoms with Crippen LogP contribution in [0, 0.1) is 17.5 Å². The van der Waals surface area contributed by atoms with Crippen LogP contribution < -0.4 is 5.32 Å². The third-order valence-corrected chi connectivity index (χ3v) is 5.65. The Bertz CT molecular complexity index is 1310. The van der Waals surface area contributed by atoms with E-state index in [-0.39, 0.29) is 23.7 Å². The number of hydrogen-bond acceptors (Lipinski definition) is 2. The molecule has 0 aliphatic carbocycles. The van der Waals surface area contributed by atoms with Crippen molar-refractivity contribution in [2.45, 2.75) is 39.2 Å². The van der Waals surface area contributed by atoms with E-state index >= 15 is 0 Å². The summed E-state index contributed by atoms with van der Waals surface area (Å²) in [6.07, 6.45) is 1.42. The lowest BCUT2D eigenvalue weighted by atomic mass is 9.81. The van der Waals surface area contributed by atoms with Gasteiger partial charge >= 0.3 is 0 Å². The molecule has 2 amide bonds. The minimum absolute atomic E-state index is 0.0500. The molecule has 5 nitrogen and oxygen atoms in total. The van der Waals surface area contributed by atoms with Gasteiger partial charge in [-0.15, -0.1) is 0 Å². The largest absolute Gasteiger partial charge is 0.354 e. The first-order chi connectivity index (χ1) is 15.5. The van der Waals surface area contributed by atoms with E-state index in [0.29, 0.717) is 22.2 Å². The quantitative estimate of drug-likeness (QED) is 0.591. The number of rotatable bonds is 3. The molecule has 2 aromatic carbocycles. The second kappa shape index (κ2) is 8.10. The molecule has 0 spiro atoms. The lowest BCUT2D eigenvalue weighted by molar-refractivity contribution is -0.116. The lowest BCUT2D eigenvalue weighted by Crippen LogP contribution is -2.37. The summed E-state index contributed by atoms with van der Waals surface area (Å²) < 4.78 is 41.3. The number of fused-ring (bicyclic) bond motifs is 3. The molecule has 0 radical (unpaired) electrons. The maximum absolute atomic E-state index is 14.1. The molecule has 172 valence electrons. The monoisotopic (exact) mass is 455 g/mol. The molecule has 33 heavy (non-hydrogen) atoms. The molecule has 8 heteroatoms. The molecule has 0 bridgehead atoms. The van der Waals surface area contributed by atoms with E-state index in [9.17, 15) is 22.8 Å². The zero-order chi connectivity index (χ0) is 24.1. The van der Waals surface area contributed by atoms with Crippen LogP contribution in [0.3, 0.4) is 0 Å². The van der Waals surface area contributed by atoms with Gasteiger partial charge in [0.05, 0.1) is 11.3 Å². The summed E-state index contributed by atoms with van der Waals surface area (Å²) in [7, 11) is 0. The first kappa shape index (κ1) is 22.6. The van der Waals surface area contributed by atoms with Gasteiger partial charge in [0.1, 0.15) is 5.82 Å². The highest BCUT2D eigenvalue weighted by Crippen LogP contribution is 2.40. The average Bonchev–Trinajstić information content (AvgIpc) is 3.05. The molecule has 0 saturated carbocycles. The predicted octanol–water partition coefficient (Wildman–Crippen LogP) is 4.88. The van der Waals surface area contributed by atoms with Crippen molar-refractivity contribution in [2.24, 2.45) is 0 Å². The van der Waals surface area contributed by atoms with Gasteiger partial charge in [-0.3, -0.25) is 9.59 Å². The van der Waals surface area contributed by atoms with Gasteiger partial charge in [0, 0.05) is 40.7 Å². The van der Waals surface area contributed by atoms with Gasteiger partial charge in [0.15, 0.2) is 11.6 Å². The Morgan fingerprint density at radius 2 is 1.79 bits per heavy atom. The van der Waals surface area contributed by atoms with Gasteiger partial charge in [0.25, 0.3) is 11.8 Å². The first-order valence-corrected chi connectivity index (χ1v) is 10.6. The molecule has 0 fully saturated rings. The van der Waals surface area contributed by atoms with E-state index in [1.54, 1.807) is 6.07 Å². The third-order valence-electron chi connectivity index (χ3n) is 5.65. The van der Waals surface area contributed by atoms with Gasteiger partial charge in [-0.25, -0.2) is 13.2 Å². The van der Waals surface area contributed by atoms with Crippen molar-refractivity contribution < 1.29 is 22.8 Å². The molecule has 3 aromatic rings. The topological polar surface area (TPSA) is 65.2 Å². The number of H-pyrrole nitrogens is 1. The predicted molar refractivity (Wildman–Crippen MR) is 120 cm³/mol. The molecule has 1 aromatic heterocycles. The highest BCUT2D eigenvalue weighted by molar-refractivity contribution is 6.21. The van der Waals surface area contributed by atoms with E-state index in [1.165, 1.54) is 29.3 Å². The van der Waals surface area contributed by atoms with Crippen LogP contribution in [-0.4, -0.2) is 34.3 Å². The molecular weight excluding hydrogens is 431 g/mol. The van der Waals surface area contributed by atoms with Gasteiger partial charge in [0.2, 0.25) is 0 Å². The van der Waals surface area contributed by atoms with Crippen LogP contribution in [-0.2, 0) is 10.2 Å². The highest BCUT2D eigenvalue weighted by Gasteiger charge is 2.37. The summed E-state index contributed by atoms with van der Waals surface area (Å²) in [5.41, 5.74) is 1.27. The van der Waals surface area contributed by atoms with E-state index in [4.69, 9.17) is 0 Å². The smallest absolute Gasteiger partial charge is 0.257 e. The number of carbonyl (C=O) groups is 2. The molecule has 1 aliphatic rings. The maximum Gasteiger partial charge on any atom is 0.257 e. The van der Waals surface area contributed by atoms with Crippen molar-refractivity contribution in [1.82, 2.24) is 15.2 Å². The number of halogens is 3. The molecule has 2 heterocycles. The average molecular weight is 455 g/mol. The van der Waals surface area contributed by atoms with Crippen LogP contribution in [0.5, 0.6) is 0 Å². The third kappa shape index (κ3) is 4.13. The SMILES string of the molecule is CC(C)NC(=O)C1=CN(C(=O)c2ccc(F)c(F)c2)CC(C)(C)c2c1[nH]c1ccc(F)cc21. The second-order valence-electron chi connectivity index (χ2n) is 9.18. The molecule has 0 atom stereocenters. The van der Waals surface area contributed by atoms with E-state index in [1.807, 2.05) is 27.7 Å². The summed E-state index contributed by atoms with van der Waals surface area (Å²) in [4.78, 5) is 31.0. The number of aromatic nitrogens is 1. The fourth-order valence-corrected chi connectivity index (χ4v) is 4.28. The van der Waals surface area contributed by atoms with Gasteiger partial charge in [-0.2, -0.15) is 0 Å². The Morgan fingerprint density at radius 3 is 2.45 bits per heavy atom. The van der Waals surface area contributed by atoms with Crippen molar-refractivity contribution in [3.63, 3.8) is 0 Å². The van der Waals surface area contributed by atoms with E-state index in [0.717, 1.165) is 12.1 Å². The van der Waals surface area contributed by atoms with Crippen LogP contribution in [0.4, 0.5) is 13.2 Å². The number of amides is 2. The van der Waals surface area contributed by atoms with Crippen molar-refractivity contribution in [1.29, 1.82) is 0 Å². The summed E-state index contributed by atoms with van der Waals surface area (Å²) in [6, 6.07) is 7.10. The molecule has 4 rings (SSSR count). The van der Waals surface area contributed by atoms with Gasteiger partial charge in [-0.1, -0.05) is 13.8 Å². The maximum atomic E-state index is 14.1. The fraction of sp³-hybridized carbons (Fsp3) is 0.280. The van der Waals surface area contributed by atoms with Crippen LogP contribution >= 0.6 is 0 Å². The van der Waals surface area contributed by atoms with Gasteiger partial charge in [-0.05, 0) is 55.8 Å². The standard InChI is InChI=1S/C25H24F3N3O2/c1-13(2)29-23(32)17-11-31(24(33)14-5-7-18(27)19(28)9-14)12-25(3,4)21-16-10-15(26)6-8-20(16)30-22(17)21/h5-11,13,30H,12H2,1-4H3,(H,29,32). The van der Waals surface area contributed by atoms with Crippen LogP contribution in [0.15, 0.2) is 42.6 Å². The Hall–Kier alpha value is -3.55. The number of nitrogens with zero attached hydrogens (tertiary/aromatic N) is 1. The molecule has 2 N–H and O–H groups in total. The number of benzene rings is 2. The van der Waals surface area contributed by atoms with E-state index in [2.05, 4.69) is 10.3 Å². The Labute approximate surface area is 189 Å². The summed E-state index contributed by atoms with van der Waals surface area (Å²) >= 11 is 0. The number of hydrogen-bond donors (Lipinski definition) is 2. The minimum atomic E-state index is -1.14. The summed E-state index contributed by atoms with van der Waals surface area (Å²) in [5.74, 6) is -3.62. The second-order valence-corrected chi connectivity index (χ2v) is 9.18. The van der Waals surface area contributed by atoms with Crippen molar-refractivity contribution in [2.75, 3.05) is 6.54 Å². The number of carbonyl (C=O) groups excluding carboxylic acids is 2. The lowest BCUT2D eigenvalue weighted by Gasteiger charge is -2.29. The van der Waals surface area contributed by atoms with Crippen molar-refractivity contribution >= 4 is 28.3 Å². The summed E-state index contributed by atoms with van der Waals surface area (Å²) in [5, 5.41) is 3.44. The Kier molecular flexibility index (Phi) is 5.56. The summed E-state index contributed by atoms with van der Waals surface area (Å²) in [6.45, 7) is 7.51. The molecule has 0 unspecified atom stereocenters. The van der Waals surface area contributed by atoms with Crippen molar-refractivity contribution in [3.8, 4) is 0 Å². The van der Waals surface area contributed by atoms with E-state index < -0.39 is 34.7 Å². The van der Waals surface area contributed by atoms with Crippen LogP contribution in [0.2, 0.25) is 0 Å². The Morgan fingerprint density at radius 1 is 1.06 bits per heavy atom. The van der Waals surface area contributed by atoms with Gasteiger partial charge < -0.3 is 15.2 Å². The minimum Gasteiger partial charge on any atom is -0.354 e. The number of aromatic amines is 1. The normalized spacial score (nSPS) is 15.3. The molecule has 1 aliphatic heterocycles. The van der Waals surface area contributed by atoms with Crippen molar-refractivity contribution in [3.05, 3.63) is 76.9 Å². The fourth-order valence-electron chi connectivity index (χ4n) is 4.28. The van der Waals surface area contributed by atoms with Crippen LogP contribution in [0.1, 0.15) is 49.3 Å². The Balaban J connectivity index is 1.91.